The third-order valence-electron chi connectivity index (χ3n) is 2.48. The summed E-state index contributed by atoms with van der Waals surface area (Å²) in [5.74, 6) is 0. The fourth-order valence-electron chi connectivity index (χ4n) is 1.66. The van der Waals surface area contributed by atoms with Gasteiger partial charge in [0.1, 0.15) is 0 Å². The lowest BCUT2D eigenvalue weighted by Crippen LogP contribution is -2.06. The summed E-state index contributed by atoms with van der Waals surface area (Å²) < 4.78 is 0. The third-order valence-corrected chi connectivity index (χ3v) is 3.35. The van der Waals surface area contributed by atoms with Crippen LogP contribution in [0.2, 0.25) is 0 Å². The minimum Gasteiger partial charge on any atom is -0.0632 e. The summed E-state index contributed by atoms with van der Waals surface area (Å²) >= 11 is 0. The van der Waals surface area contributed by atoms with Crippen LogP contribution in [0.15, 0.2) is 48.5 Å². The Kier molecular flexibility index (Phi) is 2.51. The maximum atomic E-state index is 2.28. The Hall–Kier alpha value is -1.34. The highest BCUT2D eigenvalue weighted by atomic mass is 28.1. The molecule has 0 bridgehead atoms. The lowest BCUT2D eigenvalue weighted by Gasteiger charge is -2.06. The second-order valence-corrected chi connectivity index (χ2v) is 4.76. The van der Waals surface area contributed by atoms with E-state index in [0.29, 0.717) is 0 Å². The molecule has 0 amide bonds. The first-order valence-electron chi connectivity index (χ1n) is 4.90. The van der Waals surface area contributed by atoms with Gasteiger partial charge in [0.2, 0.25) is 0 Å². The largest absolute Gasteiger partial charge is 0.0632 e. The molecule has 0 saturated heterocycles. The van der Waals surface area contributed by atoms with Gasteiger partial charge in [0, 0.05) is 10.2 Å². The highest BCUT2D eigenvalue weighted by Crippen LogP contribution is 2.17. The van der Waals surface area contributed by atoms with E-state index in [0.717, 1.165) is 10.2 Å². The van der Waals surface area contributed by atoms with Gasteiger partial charge in [-0.3, -0.25) is 0 Å². The van der Waals surface area contributed by atoms with E-state index in [1.807, 2.05) is 0 Å². The van der Waals surface area contributed by atoms with Gasteiger partial charge in [0.05, 0.1) is 0 Å². The van der Waals surface area contributed by atoms with Crippen molar-refractivity contribution in [1.82, 2.24) is 0 Å². The molecule has 0 N–H and O–H groups in total. The average Bonchev–Trinajstić information content (AvgIpc) is 2.23. The molecule has 0 fully saturated rings. The van der Waals surface area contributed by atoms with Gasteiger partial charge in [-0.2, -0.15) is 0 Å². The Morgan fingerprint density at radius 1 is 0.929 bits per heavy atom. The van der Waals surface area contributed by atoms with Crippen molar-refractivity contribution in [3.8, 4) is 11.1 Å². The Morgan fingerprint density at radius 2 is 1.64 bits per heavy atom. The van der Waals surface area contributed by atoms with Crippen molar-refractivity contribution in [2.45, 2.75) is 6.92 Å². The molecule has 2 aromatic rings. The summed E-state index contributed by atoms with van der Waals surface area (Å²) in [4.78, 5) is 0. The van der Waals surface area contributed by atoms with Crippen LogP contribution in [0.3, 0.4) is 0 Å². The smallest absolute Gasteiger partial charge is 0.0393 e. The summed E-state index contributed by atoms with van der Waals surface area (Å²) in [6.45, 7) is 2.15. The fourth-order valence-corrected chi connectivity index (χ4v) is 2.26. The Balaban J connectivity index is 2.57. The van der Waals surface area contributed by atoms with Crippen LogP contribution in [0.25, 0.3) is 11.1 Å². The van der Waals surface area contributed by atoms with Crippen LogP contribution >= 0.6 is 0 Å². The molecule has 0 spiro atoms. The molecule has 0 saturated carbocycles. The van der Waals surface area contributed by atoms with E-state index in [1.165, 1.54) is 21.9 Å². The van der Waals surface area contributed by atoms with Gasteiger partial charge in [-0.25, -0.2) is 0 Å². The quantitative estimate of drug-likeness (QED) is 0.611. The number of rotatable bonds is 1. The molecule has 14 heavy (non-hydrogen) atoms. The van der Waals surface area contributed by atoms with Crippen molar-refractivity contribution < 1.29 is 0 Å². The first kappa shape index (κ1) is 9.22. The Bertz CT molecular complexity index is 432. The van der Waals surface area contributed by atoms with Crippen molar-refractivity contribution in [2.75, 3.05) is 0 Å². The lowest BCUT2D eigenvalue weighted by atomic mass is 10.0. The maximum Gasteiger partial charge on any atom is 0.0393 e. The van der Waals surface area contributed by atoms with E-state index in [-0.39, 0.29) is 0 Å². The van der Waals surface area contributed by atoms with Gasteiger partial charge in [-0.05, 0) is 18.1 Å². The standard InChI is InChI=1S/C13H14Si/c1-10-7-8-13(14)12(9-10)11-5-3-2-4-6-11/h2-9H,1,14H3. The van der Waals surface area contributed by atoms with E-state index in [2.05, 4.69) is 55.5 Å². The zero-order chi connectivity index (χ0) is 9.97. The summed E-state index contributed by atoms with van der Waals surface area (Å²) in [7, 11) is 1.11. The summed E-state index contributed by atoms with van der Waals surface area (Å²) in [6.07, 6.45) is 0. The zero-order valence-corrected chi connectivity index (χ0v) is 10.6. The van der Waals surface area contributed by atoms with E-state index in [4.69, 9.17) is 0 Å². The molecular weight excluding hydrogens is 184 g/mol. The van der Waals surface area contributed by atoms with Crippen molar-refractivity contribution in [1.29, 1.82) is 0 Å². The van der Waals surface area contributed by atoms with Crippen molar-refractivity contribution in [3.63, 3.8) is 0 Å². The van der Waals surface area contributed by atoms with Crippen molar-refractivity contribution >= 4 is 15.4 Å². The molecular formula is C13H14Si. The monoisotopic (exact) mass is 198 g/mol. The minimum atomic E-state index is 1.11. The van der Waals surface area contributed by atoms with Crippen LogP contribution in [0.4, 0.5) is 0 Å². The number of hydrogen-bond donors (Lipinski definition) is 0. The van der Waals surface area contributed by atoms with Crippen molar-refractivity contribution in [2.24, 2.45) is 0 Å². The summed E-state index contributed by atoms with van der Waals surface area (Å²) in [5, 5.41) is 1.47. The molecule has 0 heterocycles. The molecule has 0 unspecified atom stereocenters. The number of aryl methyl sites for hydroxylation is 1. The first-order chi connectivity index (χ1) is 6.77. The summed E-state index contributed by atoms with van der Waals surface area (Å²) in [5.41, 5.74) is 4.07. The van der Waals surface area contributed by atoms with Gasteiger partial charge in [-0.15, -0.1) is 0 Å². The number of benzene rings is 2. The van der Waals surface area contributed by atoms with E-state index >= 15 is 0 Å². The van der Waals surface area contributed by atoms with E-state index < -0.39 is 0 Å². The molecule has 70 valence electrons. The molecule has 0 radical (unpaired) electrons. The van der Waals surface area contributed by atoms with Crippen LogP contribution in [0.1, 0.15) is 5.56 Å². The van der Waals surface area contributed by atoms with Crippen LogP contribution < -0.4 is 5.19 Å². The van der Waals surface area contributed by atoms with Gasteiger partial charge in [-0.1, -0.05) is 59.3 Å². The van der Waals surface area contributed by atoms with E-state index in [1.54, 1.807) is 0 Å². The van der Waals surface area contributed by atoms with Crippen LogP contribution in [-0.4, -0.2) is 10.2 Å². The predicted molar refractivity (Wildman–Crippen MR) is 66.2 cm³/mol. The Morgan fingerprint density at radius 3 is 2.36 bits per heavy atom. The molecule has 2 rings (SSSR count). The van der Waals surface area contributed by atoms with Gasteiger partial charge in [0.25, 0.3) is 0 Å². The first-order valence-corrected chi connectivity index (χ1v) is 5.90. The Labute approximate surface area is 88.0 Å². The summed E-state index contributed by atoms with van der Waals surface area (Å²) in [6, 6.07) is 17.3. The number of hydrogen-bond acceptors (Lipinski definition) is 0. The fraction of sp³-hybridized carbons (Fsp3) is 0.0769. The second kappa shape index (κ2) is 3.80. The van der Waals surface area contributed by atoms with Crippen LogP contribution in [0.5, 0.6) is 0 Å². The van der Waals surface area contributed by atoms with Crippen molar-refractivity contribution in [3.05, 3.63) is 54.1 Å². The molecule has 1 heteroatoms. The molecule has 0 aromatic heterocycles. The normalized spacial score (nSPS) is 10.4. The zero-order valence-electron chi connectivity index (χ0n) is 8.62. The SMILES string of the molecule is Cc1ccc([SiH3])c(-c2ccccc2)c1. The van der Waals surface area contributed by atoms with E-state index in [9.17, 15) is 0 Å². The molecule has 0 aliphatic rings. The molecule has 0 aliphatic heterocycles. The molecule has 2 aromatic carbocycles. The topological polar surface area (TPSA) is 0 Å². The molecule has 0 atom stereocenters. The highest BCUT2D eigenvalue weighted by Gasteiger charge is 2.00. The van der Waals surface area contributed by atoms with Crippen LogP contribution in [0, 0.1) is 6.92 Å². The average molecular weight is 198 g/mol. The van der Waals surface area contributed by atoms with Gasteiger partial charge in [0.15, 0.2) is 0 Å². The second-order valence-electron chi connectivity index (χ2n) is 3.68. The maximum absolute atomic E-state index is 2.28. The molecule has 0 nitrogen and oxygen atoms in total. The molecule has 0 aliphatic carbocycles. The third kappa shape index (κ3) is 1.78. The predicted octanol–water partition coefficient (Wildman–Crippen LogP) is 1.65. The minimum absolute atomic E-state index is 1.11. The van der Waals surface area contributed by atoms with Gasteiger partial charge < -0.3 is 0 Å². The van der Waals surface area contributed by atoms with Gasteiger partial charge >= 0.3 is 0 Å². The highest BCUT2D eigenvalue weighted by molar-refractivity contribution is 6.35. The lowest BCUT2D eigenvalue weighted by molar-refractivity contribution is 1.48. The van der Waals surface area contributed by atoms with Crippen LogP contribution in [-0.2, 0) is 0 Å².